The first-order valence-corrected chi connectivity index (χ1v) is 7.91. The lowest BCUT2D eigenvalue weighted by molar-refractivity contribution is 0.100. The molecule has 0 aromatic heterocycles. The smallest absolute Gasteiger partial charge is 0.248 e. The zero-order valence-electron chi connectivity index (χ0n) is 13.6. The molecule has 0 radical (unpaired) electrons. The molecule has 0 unspecified atom stereocenters. The molecule has 4 nitrogen and oxygen atoms in total. The van der Waals surface area contributed by atoms with Gasteiger partial charge in [0.2, 0.25) is 5.91 Å². The minimum atomic E-state index is -0.446. The van der Waals surface area contributed by atoms with E-state index in [0.29, 0.717) is 12.2 Å². The van der Waals surface area contributed by atoms with E-state index in [0.717, 1.165) is 22.6 Å². The number of rotatable bonds is 6. The highest BCUT2D eigenvalue weighted by Crippen LogP contribution is 2.16. The quantitative estimate of drug-likeness (QED) is 0.691. The van der Waals surface area contributed by atoms with Crippen molar-refractivity contribution >= 4 is 17.8 Å². The van der Waals surface area contributed by atoms with Crippen LogP contribution in [0, 0.1) is 0 Å². The van der Waals surface area contributed by atoms with Gasteiger partial charge >= 0.3 is 0 Å². The SMILES string of the molecule is NC(=O)c1ccc(N=Cc2cccc(OCc3ccccc3)c2)cc1. The van der Waals surface area contributed by atoms with Crippen LogP contribution >= 0.6 is 0 Å². The molecule has 0 aliphatic rings. The Hall–Kier alpha value is -3.40. The number of carbonyl (C=O) groups excluding carboxylic acids is 1. The monoisotopic (exact) mass is 330 g/mol. The van der Waals surface area contributed by atoms with Crippen LogP contribution < -0.4 is 10.5 Å². The molecule has 0 aliphatic heterocycles. The molecule has 0 aliphatic carbocycles. The maximum absolute atomic E-state index is 11.1. The van der Waals surface area contributed by atoms with Crippen LogP contribution in [-0.2, 0) is 6.61 Å². The number of amides is 1. The molecule has 0 saturated carbocycles. The fraction of sp³-hybridized carbons (Fsp3) is 0.0476. The molecule has 3 aromatic carbocycles. The number of hydrogen-bond acceptors (Lipinski definition) is 3. The summed E-state index contributed by atoms with van der Waals surface area (Å²) in [6.07, 6.45) is 1.76. The lowest BCUT2D eigenvalue weighted by Gasteiger charge is -2.06. The van der Waals surface area contributed by atoms with Crippen LogP contribution in [0.2, 0.25) is 0 Å². The van der Waals surface area contributed by atoms with E-state index in [9.17, 15) is 4.79 Å². The van der Waals surface area contributed by atoms with Crippen LogP contribution in [0.15, 0.2) is 83.9 Å². The van der Waals surface area contributed by atoms with Gasteiger partial charge in [0.05, 0.1) is 5.69 Å². The highest BCUT2D eigenvalue weighted by atomic mass is 16.5. The maximum atomic E-state index is 11.1. The van der Waals surface area contributed by atoms with Gasteiger partial charge in [0.1, 0.15) is 12.4 Å². The molecule has 4 heteroatoms. The Bertz CT molecular complexity index is 872. The fourth-order valence-corrected chi connectivity index (χ4v) is 2.29. The molecular formula is C21H18N2O2. The van der Waals surface area contributed by atoms with Gasteiger partial charge in [-0.15, -0.1) is 0 Å². The Morgan fingerprint density at radius 1 is 0.960 bits per heavy atom. The molecule has 25 heavy (non-hydrogen) atoms. The van der Waals surface area contributed by atoms with Crippen molar-refractivity contribution in [2.75, 3.05) is 0 Å². The molecule has 3 rings (SSSR count). The summed E-state index contributed by atoms with van der Waals surface area (Å²) in [4.78, 5) is 15.5. The Morgan fingerprint density at radius 3 is 2.44 bits per heavy atom. The van der Waals surface area contributed by atoms with Crippen LogP contribution in [-0.4, -0.2) is 12.1 Å². The predicted octanol–water partition coefficient (Wildman–Crippen LogP) is 4.12. The number of carbonyl (C=O) groups is 1. The molecule has 0 fully saturated rings. The van der Waals surface area contributed by atoms with Gasteiger partial charge in [0, 0.05) is 11.8 Å². The normalized spacial score (nSPS) is 10.7. The average Bonchev–Trinajstić information content (AvgIpc) is 2.66. The molecule has 0 heterocycles. The minimum absolute atomic E-state index is 0.446. The van der Waals surface area contributed by atoms with E-state index in [1.807, 2.05) is 54.6 Å². The summed E-state index contributed by atoms with van der Waals surface area (Å²) < 4.78 is 5.81. The summed E-state index contributed by atoms with van der Waals surface area (Å²) in [7, 11) is 0. The number of nitrogens with two attached hydrogens (primary N) is 1. The van der Waals surface area contributed by atoms with Crippen molar-refractivity contribution in [3.63, 3.8) is 0 Å². The first kappa shape index (κ1) is 16.5. The van der Waals surface area contributed by atoms with Gasteiger partial charge in [-0.2, -0.15) is 0 Å². The topological polar surface area (TPSA) is 64.7 Å². The highest BCUT2D eigenvalue weighted by molar-refractivity contribution is 5.93. The van der Waals surface area contributed by atoms with Crippen LogP contribution in [0.25, 0.3) is 0 Å². The molecule has 124 valence electrons. The summed E-state index contributed by atoms with van der Waals surface area (Å²) >= 11 is 0. The summed E-state index contributed by atoms with van der Waals surface area (Å²) in [5.41, 5.74) is 8.50. The number of hydrogen-bond donors (Lipinski definition) is 1. The second-order valence-electron chi connectivity index (χ2n) is 5.52. The third kappa shape index (κ3) is 4.78. The first-order valence-electron chi connectivity index (χ1n) is 7.91. The zero-order valence-corrected chi connectivity index (χ0v) is 13.6. The van der Waals surface area contributed by atoms with Crippen LogP contribution in [0.3, 0.4) is 0 Å². The van der Waals surface area contributed by atoms with Crippen molar-refractivity contribution in [2.24, 2.45) is 10.7 Å². The standard InChI is InChI=1S/C21H18N2O2/c22-21(24)18-9-11-19(12-10-18)23-14-17-7-4-8-20(13-17)25-15-16-5-2-1-3-6-16/h1-14H,15H2,(H2,22,24). The molecule has 3 aromatic rings. The molecule has 0 spiro atoms. The van der Waals surface area contributed by atoms with E-state index in [2.05, 4.69) is 4.99 Å². The maximum Gasteiger partial charge on any atom is 0.248 e. The Balaban J connectivity index is 1.65. The average molecular weight is 330 g/mol. The summed E-state index contributed by atoms with van der Waals surface area (Å²) in [6.45, 7) is 0.524. The predicted molar refractivity (Wildman–Crippen MR) is 99.4 cm³/mol. The number of aliphatic imine (C=N–C) groups is 1. The van der Waals surface area contributed by atoms with Crippen LogP contribution in [0.1, 0.15) is 21.5 Å². The van der Waals surface area contributed by atoms with Gasteiger partial charge in [-0.25, -0.2) is 0 Å². The van der Waals surface area contributed by atoms with Crippen molar-refractivity contribution < 1.29 is 9.53 Å². The largest absolute Gasteiger partial charge is 0.489 e. The number of ether oxygens (including phenoxy) is 1. The first-order chi connectivity index (χ1) is 12.2. The van der Waals surface area contributed by atoms with Crippen molar-refractivity contribution in [3.8, 4) is 5.75 Å². The molecule has 0 saturated heterocycles. The third-order valence-electron chi connectivity index (χ3n) is 3.62. The molecule has 1 amide bonds. The highest BCUT2D eigenvalue weighted by Gasteiger charge is 1.99. The second kappa shape index (κ2) is 7.93. The van der Waals surface area contributed by atoms with E-state index in [-0.39, 0.29) is 0 Å². The van der Waals surface area contributed by atoms with E-state index < -0.39 is 5.91 Å². The number of nitrogens with zero attached hydrogens (tertiary/aromatic N) is 1. The third-order valence-corrected chi connectivity index (χ3v) is 3.62. The molecular weight excluding hydrogens is 312 g/mol. The minimum Gasteiger partial charge on any atom is -0.489 e. The van der Waals surface area contributed by atoms with Gasteiger partial charge in [-0.1, -0.05) is 42.5 Å². The number of primary amides is 1. The van der Waals surface area contributed by atoms with Crippen molar-refractivity contribution in [1.29, 1.82) is 0 Å². The van der Waals surface area contributed by atoms with Gasteiger partial charge < -0.3 is 10.5 Å². The van der Waals surface area contributed by atoms with Gasteiger partial charge in [-0.05, 0) is 47.5 Å². The van der Waals surface area contributed by atoms with Crippen molar-refractivity contribution in [2.45, 2.75) is 6.61 Å². The van der Waals surface area contributed by atoms with Crippen LogP contribution in [0.5, 0.6) is 5.75 Å². The lowest BCUT2D eigenvalue weighted by Crippen LogP contribution is -2.10. The van der Waals surface area contributed by atoms with Gasteiger partial charge in [0.25, 0.3) is 0 Å². The number of benzene rings is 3. The van der Waals surface area contributed by atoms with E-state index >= 15 is 0 Å². The van der Waals surface area contributed by atoms with Crippen molar-refractivity contribution in [3.05, 3.63) is 95.6 Å². The summed E-state index contributed by atoms with van der Waals surface area (Å²) in [5, 5.41) is 0. The van der Waals surface area contributed by atoms with E-state index in [1.165, 1.54) is 0 Å². The van der Waals surface area contributed by atoms with Crippen molar-refractivity contribution in [1.82, 2.24) is 0 Å². The summed E-state index contributed by atoms with van der Waals surface area (Å²) in [5.74, 6) is 0.343. The lowest BCUT2D eigenvalue weighted by atomic mass is 10.2. The Morgan fingerprint density at radius 2 is 1.72 bits per heavy atom. The van der Waals surface area contributed by atoms with Gasteiger partial charge in [0.15, 0.2) is 0 Å². The zero-order chi connectivity index (χ0) is 17.5. The summed E-state index contributed by atoms with van der Waals surface area (Å²) in [6, 6.07) is 24.6. The second-order valence-corrected chi connectivity index (χ2v) is 5.52. The van der Waals surface area contributed by atoms with Crippen LogP contribution in [0.4, 0.5) is 5.69 Å². The van der Waals surface area contributed by atoms with Gasteiger partial charge in [-0.3, -0.25) is 9.79 Å². The molecule has 0 atom stereocenters. The Labute approximate surface area is 146 Å². The Kier molecular flexibility index (Phi) is 5.22. The van der Waals surface area contributed by atoms with E-state index in [4.69, 9.17) is 10.5 Å². The fourth-order valence-electron chi connectivity index (χ4n) is 2.29. The van der Waals surface area contributed by atoms with E-state index in [1.54, 1.807) is 30.5 Å². The molecule has 0 bridgehead atoms. The molecule has 2 N–H and O–H groups in total.